The van der Waals surface area contributed by atoms with Crippen molar-refractivity contribution in [2.45, 2.75) is 64.4 Å². The van der Waals surface area contributed by atoms with Gasteiger partial charge in [0.25, 0.3) is 0 Å². The van der Waals surface area contributed by atoms with Crippen molar-refractivity contribution >= 4 is 5.71 Å². The Bertz CT molecular complexity index is 558. The lowest BCUT2D eigenvalue weighted by Gasteiger charge is -2.38. The van der Waals surface area contributed by atoms with E-state index in [0.717, 1.165) is 57.1 Å². The number of fused-ring (bicyclic) bond motifs is 1. The van der Waals surface area contributed by atoms with Crippen LogP contribution in [0.1, 0.15) is 58.3 Å². The van der Waals surface area contributed by atoms with Crippen molar-refractivity contribution in [2.75, 3.05) is 0 Å². The zero-order valence-corrected chi connectivity index (χ0v) is 13.5. The molecule has 3 rings (SSSR count). The molecule has 3 aliphatic carbocycles. The number of oxime groups is 1. The van der Waals surface area contributed by atoms with E-state index in [9.17, 15) is 10.3 Å². The van der Waals surface area contributed by atoms with Gasteiger partial charge in [0, 0.05) is 5.41 Å². The van der Waals surface area contributed by atoms with Crippen LogP contribution in [0.25, 0.3) is 0 Å². The van der Waals surface area contributed by atoms with Gasteiger partial charge in [-0.1, -0.05) is 42.0 Å². The van der Waals surface area contributed by atoms with Gasteiger partial charge in [0.15, 0.2) is 0 Å². The standard InChI is InChI=1S/C19H27NO2/c1-13-5-8-16(21)12-15(13)7-6-14-4-3-11-19(2)17(14)9-10-18(19)20-22/h6-7,16-17,21-22H,1,3-5,8-12H2,2H3/b14-6+,15-7-,20-18?/t16-,17?,19+/m1/s1. The molecule has 120 valence electrons. The van der Waals surface area contributed by atoms with Crippen LogP contribution in [0.2, 0.25) is 0 Å². The smallest absolute Gasteiger partial charge is 0.0635 e. The molecule has 0 heterocycles. The van der Waals surface area contributed by atoms with Gasteiger partial charge in [-0.2, -0.15) is 0 Å². The molecule has 0 aliphatic heterocycles. The Morgan fingerprint density at radius 3 is 2.82 bits per heavy atom. The summed E-state index contributed by atoms with van der Waals surface area (Å²) in [6, 6.07) is 0. The molecule has 3 fully saturated rings. The number of nitrogens with zero attached hydrogens (tertiary/aromatic N) is 1. The highest BCUT2D eigenvalue weighted by Gasteiger charge is 2.47. The average molecular weight is 301 g/mol. The van der Waals surface area contributed by atoms with Gasteiger partial charge in [-0.3, -0.25) is 0 Å². The second-order valence-electron chi connectivity index (χ2n) is 7.34. The average Bonchev–Trinajstić information content (AvgIpc) is 2.85. The molecule has 0 amide bonds. The van der Waals surface area contributed by atoms with E-state index < -0.39 is 0 Å². The summed E-state index contributed by atoms with van der Waals surface area (Å²) in [7, 11) is 0. The molecule has 22 heavy (non-hydrogen) atoms. The van der Waals surface area contributed by atoms with Crippen LogP contribution >= 0.6 is 0 Å². The zero-order valence-electron chi connectivity index (χ0n) is 13.5. The van der Waals surface area contributed by atoms with Crippen LogP contribution in [-0.4, -0.2) is 22.1 Å². The lowest BCUT2D eigenvalue weighted by atomic mass is 9.66. The Morgan fingerprint density at radius 1 is 1.23 bits per heavy atom. The maximum Gasteiger partial charge on any atom is 0.0635 e. The fourth-order valence-corrected chi connectivity index (χ4v) is 4.59. The summed E-state index contributed by atoms with van der Waals surface area (Å²) >= 11 is 0. The molecule has 3 atom stereocenters. The molecule has 3 aliphatic rings. The summed E-state index contributed by atoms with van der Waals surface area (Å²) in [4.78, 5) is 0. The van der Waals surface area contributed by atoms with E-state index in [2.05, 4.69) is 30.8 Å². The van der Waals surface area contributed by atoms with Crippen LogP contribution in [-0.2, 0) is 0 Å². The maximum absolute atomic E-state index is 9.85. The zero-order chi connectivity index (χ0) is 15.7. The van der Waals surface area contributed by atoms with Crippen molar-refractivity contribution in [3.05, 3.63) is 35.5 Å². The van der Waals surface area contributed by atoms with Gasteiger partial charge in [-0.05, 0) is 62.9 Å². The molecule has 0 saturated heterocycles. The number of allylic oxidation sites excluding steroid dienone is 4. The van der Waals surface area contributed by atoms with Gasteiger partial charge in [0.2, 0.25) is 0 Å². The molecular formula is C19H27NO2. The third kappa shape index (κ3) is 2.67. The van der Waals surface area contributed by atoms with Gasteiger partial charge < -0.3 is 10.3 Å². The molecule has 0 aromatic heterocycles. The van der Waals surface area contributed by atoms with Crippen molar-refractivity contribution < 1.29 is 10.3 Å². The third-order valence-electron chi connectivity index (χ3n) is 6.02. The topological polar surface area (TPSA) is 52.8 Å². The predicted octanol–water partition coefficient (Wildman–Crippen LogP) is 4.37. The molecule has 3 saturated carbocycles. The van der Waals surface area contributed by atoms with Gasteiger partial charge in [0.05, 0.1) is 11.8 Å². The van der Waals surface area contributed by atoms with Crippen molar-refractivity contribution in [3.8, 4) is 0 Å². The van der Waals surface area contributed by atoms with E-state index >= 15 is 0 Å². The van der Waals surface area contributed by atoms with Gasteiger partial charge in [-0.25, -0.2) is 0 Å². The van der Waals surface area contributed by atoms with E-state index in [0.29, 0.717) is 5.92 Å². The molecule has 0 aromatic rings. The first-order chi connectivity index (χ1) is 10.5. The number of rotatable bonds is 1. The lowest BCUT2D eigenvalue weighted by molar-refractivity contribution is 0.158. The molecule has 3 heteroatoms. The van der Waals surface area contributed by atoms with E-state index in [1.807, 2.05) is 0 Å². The van der Waals surface area contributed by atoms with Gasteiger partial charge in [0.1, 0.15) is 0 Å². The number of hydrogen-bond donors (Lipinski definition) is 2. The molecule has 2 N–H and O–H groups in total. The quantitative estimate of drug-likeness (QED) is 0.558. The van der Waals surface area contributed by atoms with Crippen molar-refractivity contribution in [1.29, 1.82) is 0 Å². The van der Waals surface area contributed by atoms with Crippen molar-refractivity contribution in [3.63, 3.8) is 0 Å². The van der Waals surface area contributed by atoms with Crippen LogP contribution in [0.4, 0.5) is 0 Å². The first-order valence-corrected chi connectivity index (χ1v) is 8.52. The summed E-state index contributed by atoms with van der Waals surface area (Å²) in [6.45, 7) is 6.39. The van der Waals surface area contributed by atoms with E-state index in [1.54, 1.807) is 0 Å². The second-order valence-corrected chi connectivity index (χ2v) is 7.34. The molecule has 0 aromatic carbocycles. The Morgan fingerprint density at radius 2 is 2.05 bits per heavy atom. The molecular weight excluding hydrogens is 274 g/mol. The van der Waals surface area contributed by atoms with Crippen LogP contribution < -0.4 is 0 Å². The Hall–Kier alpha value is -1.35. The van der Waals surface area contributed by atoms with Crippen molar-refractivity contribution in [2.24, 2.45) is 16.5 Å². The van der Waals surface area contributed by atoms with E-state index in [4.69, 9.17) is 0 Å². The number of aliphatic hydroxyl groups excluding tert-OH is 1. The number of hydrogen-bond acceptors (Lipinski definition) is 3. The first kappa shape index (κ1) is 15.5. The third-order valence-corrected chi connectivity index (χ3v) is 6.02. The SMILES string of the molecule is C=C1CC[C@@H](O)C/C1=C/C=C1\CCC[C@]2(C)C(=NO)CCC12. The van der Waals surface area contributed by atoms with Crippen LogP contribution in [0, 0.1) is 11.3 Å². The molecule has 3 nitrogen and oxygen atoms in total. The summed E-state index contributed by atoms with van der Waals surface area (Å²) in [5.41, 5.74) is 4.87. The second kappa shape index (κ2) is 6.04. The lowest BCUT2D eigenvalue weighted by Crippen LogP contribution is -2.33. The summed E-state index contributed by atoms with van der Waals surface area (Å²) in [5.74, 6) is 0.505. The first-order valence-electron chi connectivity index (χ1n) is 8.52. The highest BCUT2D eigenvalue weighted by Crippen LogP contribution is 2.52. The minimum absolute atomic E-state index is 0.0421. The summed E-state index contributed by atoms with van der Waals surface area (Å²) < 4.78 is 0. The highest BCUT2D eigenvalue weighted by molar-refractivity contribution is 5.92. The summed E-state index contributed by atoms with van der Waals surface area (Å²) in [6.07, 6.45) is 12.1. The van der Waals surface area contributed by atoms with E-state index in [1.165, 1.54) is 16.7 Å². The Labute approximate surface area is 133 Å². The van der Waals surface area contributed by atoms with Gasteiger partial charge >= 0.3 is 0 Å². The van der Waals surface area contributed by atoms with Gasteiger partial charge in [-0.15, -0.1) is 0 Å². The molecule has 1 unspecified atom stereocenters. The van der Waals surface area contributed by atoms with Crippen molar-refractivity contribution in [1.82, 2.24) is 0 Å². The monoisotopic (exact) mass is 301 g/mol. The minimum atomic E-state index is -0.216. The fourth-order valence-electron chi connectivity index (χ4n) is 4.59. The summed E-state index contributed by atoms with van der Waals surface area (Å²) in [5, 5.41) is 22.7. The highest BCUT2D eigenvalue weighted by atomic mass is 16.4. The van der Waals surface area contributed by atoms with E-state index in [-0.39, 0.29) is 11.5 Å². The normalized spacial score (nSPS) is 41.4. The fraction of sp³-hybridized carbons (Fsp3) is 0.632. The van der Waals surface area contributed by atoms with Crippen LogP contribution in [0.3, 0.4) is 0 Å². The Balaban J connectivity index is 1.84. The number of aliphatic hydroxyl groups is 1. The molecule has 0 spiro atoms. The molecule has 0 bridgehead atoms. The Kier molecular flexibility index (Phi) is 4.26. The largest absolute Gasteiger partial charge is 0.411 e. The maximum atomic E-state index is 9.85. The molecule has 0 radical (unpaired) electrons. The minimum Gasteiger partial charge on any atom is -0.411 e. The van der Waals surface area contributed by atoms with Crippen LogP contribution in [0.15, 0.2) is 40.6 Å². The predicted molar refractivity (Wildman–Crippen MR) is 89.1 cm³/mol. The van der Waals surface area contributed by atoms with Crippen LogP contribution in [0.5, 0.6) is 0 Å².